The molecule has 0 radical (unpaired) electrons. The second kappa shape index (κ2) is 4.63. The van der Waals surface area contributed by atoms with Gasteiger partial charge in [-0.1, -0.05) is 0 Å². The molecule has 4 nitrogen and oxygen atoms in total. The first-order chi connectivity index (χ1) is 7.55. The van der Waals surface area contributed by atoms with Gasteiger partial charge in [-0.3, -0.25) is 0 Å². The fraction of sp³-hybridized carbons (Fsp3) is 1.00. The minimum absolute atomic E-state index is 0.0409. The molecule has 0 saturated carbocycles. The Hall–Kier alpha value is -0.130. The van der Waals surface area contributed by atoms with Gasteiger partial charge < -0.3 is 10.1 Å². The third kappa shape index (κ3) is 2.76. The van der Waals surface area contributed by atoms with Crippen molar-refractivity contribution < 1.29 is 13.2 Å². The van der Waals surface area contributed by atoms with Gasteiger partial charge in [0.1, 0.15) is 0 Å². The molecular weight excluding hydrogens is 226 g/mol. The molecular formula is C11H21NO3S. The van der Waals surface area contributed by atoms with Crippen LogP contribution in [-0.2, 0) is 14.6 Å². The van der Waals surface area contributed by atoms with Gasteiger partial charge in [0.15, 0.2) is 9.84 Å². The van der Waals surface area contributed by atoms with Gasteiger partial charge in [-0.05, 0) is 38.1 Å². The lowest BCUT2D eigenvalue weighted by molar-refractivity contribution is 0.105. The summed E-state index contributed by atoms with van der Waals surface area (Å²) < 4.78 is 28.1. The predicted molar refractivity (Wildman–Crippen MR) is 63.2 cm³/mol. The van der Waals surface area contributed by atoms with Crippen LogP contribution < -0.4 is 5.32 Å². The first-order valence-electron chi connectivity index (χ1n) is 6.00. The number of nitrogens with one attached hydrogen (secondary N) is 1. The van der Waals surface area contributed by atoms with Crippen LogP contribution in [0.3, 0.4) is 0 Å². The third-order valence-corrected chi connectivity index (χ3v) is 5.60. The third-order valence-electron chi connectivity index (χ3n) is 3.76. The van der Waals surface area contributed by atoms with E-state index in [4.69, 9.17) is 4.74 Å². The smallest absolute Gasteiger partial charge is 0.150 e. The predicted octanol–water partition coefficient (Wildman–Crippen LogP) is 0.580. The molecule has 2 aliphatic rings. The van der Waals surface area contributed by atoms with Crippen LogP contribution in [0.15, 0.2) is 0 Å². The number of methoxy groups -OCH3 is 1. The molecule has 94 valence electrons. The minimum Gasteiger partial charge on any atom is -0.383 e. The van der Waals surface area contributed by atoms with Crippen molar-refractivity contribution in [3.05, 3.63) is 0 Å². The van der Waals surface area contributed by atoms with Crippen LogP contribution in [0.1, 0.15) is 25.7 Å². The second-order valence-corrected chi connectivity index (χ2v) is 7.45. The highest BCUT2D eigenvalue weighted by atomic mass is 32.2. The molecule has 2 atom stereocenters. The Morgan fingerprint density at radius 1 is 1.50 bits per heavy atom. The minimum atomic E-state index is -2.75. The molecule has 0 amide bonds. The lowest BCUT2D eigenvalue weighted by Crippen LogP contribution is -2.45. The lowest BCUT2D eigenvalue weighted by atomic mass is 9.86. The van der Waals surface area contributed by atoms with E-state index in [1.807, 2.05) is 0 Å². The largest absolute Gasteiger partial charge is 0.383 e. The van der Waals surface area contributed by atoms with Gasteiger partial charge >= 0.3 is 0 Å². The van der Waals surface area contributed by atoms with E-state index in [0.717, 1.165) is 25.8 Å². The molecule has 0 bridgehead atoms. The van der Waals surface area contributed by atoms with Crippen LogP contribution in [0, 0.1) is 5.92 Å². The standard InChI is InChI=1S/C11H21NO3S/c1-15-9-11(4-2-5-12-11)7-10-3-6-16(13,14)8-10/h10,12H,2-9H2,1H3. The summed E-state index contributed by atoms with van der Waals surface area (Å²) in [4.78, 5) is 0. The van der Waals surface area contributed by atoms with Crippen LogP contribution in [-0.4, -0.2) is 45.7 Å². The van der Waals surface area contributed by atoms with Crippen molar-refractivity contribution in [2.75, 3.05) is 31.8 Å². The van der Waals surface area contributed by atoms with Gasteiger partial charge in [-0.2, -0.15) is 0 Å². The summed E-state index contributed by atoms with van der Waals surface area (Å²) >= 11 is 0. The summed E-state index contributed by atoms with van der Waals surface area (Å²) in [5, 5.41) is 3.51. The van der Waals surface area contributed by atoms with Gasteiger partial charge in [0.2, 0.25) is 0 Å². The summed E-state index contributed by atoms with van der Waals surface area (Å²) in [6.07, 6.45) is 4.05. The zero-order valence-electron chi connectivity index (χ0n) is 9.87. The number of hydrogen-bond acceptors (Lipinski definition) is 4. The van der Waals surface area contributed by atoms with Crippen molar-refractivity contribution in [3.8, 4) is 0 Å². The SMILES string of the molecule is COCC1(CC2CCS(=O)(=O)C2)CCCN1. The lowest BCUT2D eigenvalue weighted by Gasteiger charge is -2.31. The quantitative estimate of drug-likeness (QED) is 0.789. The van der Waals surface area contributed by atoms with Crippen LogP contribution in [0.2, 0.25) is 0 Å². The molecule has 5 heteroatoms. The summed E-state index contributed by atoms with van der Waals surface area (Å²) in [6.45, 7) is 1.73. The highest BCUT2D eigenvalue weighted by Gasteiger charge is 2.39. The van der Waals surface area contributed by atoms with E-state index >= 15 is 0 Å². The molecule has 0 spiro atoms. The van der Waals surface area contributed by atoms with Crippen molar-refractivity contribution >= 4 is 9.84 Å². The normalized spacial score (nSPS) is 37.9. The van der Waals surface area contributed by atoms with E-state index in [1.54, 1.807) is 7.11 Å². The van der Waals surface area contributed by atoms with Crippen LogP contribution in [0.4, 0.5) is 0 Å². The summed E-state index contributed by atoms with van der Waals surface area (Å²) in [7, 11) is -1.03. The molecule has 2 heterocycles. The monoisotopic (exact) mass is 247 g/mol. The molecule has 2 unspecified atom stereocenters. The number of hydrogen-bond donors (Lipinski definition) is 1. The summed E-state index contributed by atoms with van der Waals surface area (Å²) in [5.74, 6) is 1.08. The summed E-state index contributed by atoms with van der Waals surface area (Å²) in [6, 6.07) is 0. The number of ether oxygens (including phenoxy) is 1. The molecule has 0 aromatic carbocycles. The van der Waals surface area contributed by atoms with Crippen molar-refractivity contribution in [2.45, 2.75) is 31.2 Å². The molecule has 2 fully saturated rings. The van der Waals surface area contributed by atoms with E-state index in [0.29, 0.717) is 24.0 Å². The molecule has 2 saturated heterocycles. The molecule has 2 aliphatic heterocycles. The van der Waals surface area contributed by atoms with Gasteiger partial charge in [0.25, 0.3) is 0 Å². The van der Waals surface area contributed by atoms with Crippen molar-refractivity contribution in [3.63, 3.8) is 0 Å². The second-order valence-electron chi connectivity index (χ2n) is 5.22. The first kappa shape index (κ1) is 12.3. The molecule has 1 N–H and O–H groups in total. The van der Waals surface area contributed by atoms with Gasteiger partial charge in [-0.25, -0.2) is 8.42 Å². The Morgan fingerprint density at radius 2 is 2.31 bits per heavy atom. The maximum Gasteiger partial charge on any atom is 0.150 e. The summed E-state index contributed by atoms with van der Waals surface area (Å²) in [5.41, 5.74) is 0.0409. The Balaban J connectivity index is 1.96. The fourth-order valence-electron chi connectivity index (χ4n) is 3.09. The van der Waals surface area contributed by atoms with Crippen LogP contribution in [0.25, 0.3) is 0 Å². The Bertz CT molecular complexity index is 333. The van der Waals surface area contributed by atoms with E-state index in [-0.39, 0.29) is 5.54 Å². The maximum absolute atomic E-state index is 11.4. The number of sulfone groups is 1. The van der Waals surface area contributed by atoms with E-state index in [1.165, 1.54) is 6.42 Å². The molecule has 2 rings (SSSR count). The van der Waals surface area contributed by atoms with Gasteiger partial charge in [-0.15, -0.1) is 0 Å². The molecule has 16 heavy (non-hydrogen) atoms. The van der Waals surface area contributed by atoms with Crippen molar-refractivity contribution in [2.24, 2.45) is 5.92 Å². The molecule has 0 aromatic heterocycles. The van der Waals surface area contributed by atoms with Crippen LogP contribution >= 0.6 is 0 Å². The van der Waals surface area contributed by atoms with Gasteiger partial charge in [0.05, 0.1) is 18.1 Å². The zero-order chi connectivity index (χ0) is 11.6. The van der Waals surface area contributed by atoms with E-state index in [2.05, 4.69) is 5.32 Å². The highest BCUT2D eigenvalue weighted by molar-refractivity contribution is 7.91. The average Bonchev–Trinajstić information content (AvgIpc) is 2.75. The molecule has 0 aromatic rings. The van der Waals surface area contributed by atoms with Crippen molar-refractivity contribution in [1.29, 1.82) is 0 Å². The Morgan fingerprint density at radius 3 is 2.81 bits per heavy atom. The van der Waals surface area contributed by atoms with Gasteiger partial charge in [0, 0.05) is 12.6 Å². The number of rotatable bonds is 4. The van der Waals surface area contributed by atoms with E-state index in [9.17, 15) is 8.42 Å². The topological polar surface area (TPSA) is 55.4 Å². The fourth-order valence-corrected chi connectivity index (χ4v) is 4.95. The highest BCUT2D eigenvalue weighted by Crippen LogP contribution is 2.32. The molecule has 0 aliphatic carbocycles. The Kier molecular flexibility index (Phi) is 3.56. The maximum atomic E-state index is 11.4. The van der Waals surface area contributed by atoms with Crippen molar-refractivity contribution in [1.82, 2.24) is 5.32 Å². The van der Waals surface area contributed by atoms with Crippen LogP contribution in [0.5, 0.6) is 0 Å². The zero-order valence-corrected chi connectivity index (χ0v) is 10.7. The average molecular weight is 247 g/mol. The first-order valence-corrected chi connectivity index (χ1v) is 7.82. The van der Waals surface area contributed by atoms with E-state index < -0.39 is 9.84 Å². The Labute approximate surface area is 97.7 Å².